The van der Waals surface area contributed by atoms with Gasteiger partial charge in [0.15, 0.2) is 0 Å². The lowest BCUT2D eigenvalue weighted by Crippen LogP contribution is -2.54. The highest BCUT2D eigenvalue weighted by Crippen LogP contribution is 2.50. The lowest BCUT2D eigenvalue weighted by atomic mass is 9.86. The molecule has 158 valence electrons. The molecule has 0 radical (unpaired) electrons. The second-order valence-corrected chi connectivity index (χ2v) is 7.40. The zero-order chi connectivity index (χ0) is 22.1. The molecule has 1 fully saturated rings. The molecule has 0 aliphatic carbocycles. The van der Waals surface area contributed by atoms with Crippen LogP contribution in [0.25, 0.3) is 0 Å². The van der Waals surface area contributed by atoms with E-state index in [0.29, 0.717) is 5.56 Å². The summed E-state index contributed by atoms with van der Waals surface area (Å²) >= 11 is 0. The van der Waals surface area contributed by atoms with Crippen LogP contribution in [0.5, 0.6) is 0 Å². The Morgan fingerprint density at radius 1 is 1.17 bits per heavy atom. The molecule has 0 saturated carbocycles. The standard InChI is InChI=1S/C21H22N2O7/c1-12-5-2-3-6-13(12)18(25)23-17(15-7-4-10-30-15)14(19(26)27)11-21(23,20(28)29)9-8-16(22)24/h2-7,10,14,17H,8-9,11H2,1H3,(H2,22,24)(H,26,27)(H,28,29). The van der Waals surface area contributed by atoms with Gasteiger partial charge < -0.3 is 25.3 Å². The molecule has 3 unspecified atom stereocenters. The minimum Gasteiger partial charge on any atom is -0.481 e. The van der Waals surface area contributed by atoms with Gasteiger partial charge in [-0.3, -0.25) is 14.4 Å². The van der Waals surface area contributed by atoms with E-state index in [1.54, 1.807) is 31.2 Å². The van der Waals surface area contributed by atoms with Crippen molar-refractivity contribution in [2.75, 3.05) is 0 Å². The summed E-state index contributed by atoms with van der Waals surface area (Å²) in [4.78, 5) is 50.7. The van der Waals surface area contributed by atoms with Crippen LogP contribution in [-0.4, -0.2) is 44.4 Å². The van der Waals surface area contributed by atoms with E-state index in [0.717, 1.165) is 4.90 Å². The van der Waals surface area contributed by atoms with Crippen LogP contribution in [0.15, 0.2) is 47.1 Å². The number of rotatable bonds is 7. The molecule has 2 heterocycles. The van der Waals surface area contributed by atoms with Crippen molar-refractivity contribution in [3.8, 4) is 0 Å². The Hall–Kier alpha value is -3.62. The molecular formula is C21H22N2O7. The van der Waals surface area contributed by atoms with Crippen LogP contribution < -0.4 is 5.73 Å². The highest BCUT2D eigenvalue weighted by molar-refractivity contribution is 6.00. The summed E-state index contributed by atoms with van der Waals surface area (Å²) in [6.45, 7) is 1.70. The maximum Gasteiger partial charge on any atom is 0.329 e. The number of carboxylic acids is 2. The van der Waals surface area contributed by atoms with Crippen LogP contribution in [-0.2, 0) is 14.4 Å². The summed E-state index contributed by atoms with van der Waals surface area (Å²) in [5.41, 5.74) is 4.15. The summed E-state index contributed by atoms with van der Waals surface area (Å²) in [5.74, 6) is -5.14. The van der Waals surface area contributed by atoms with Gasteiger partial charge in [0.25, 0.3) is 5.91 Å². The van der Waals surface area contributed by atoms with E-state index in [-0.39, 0.29) is 30.6 Å². The molecule has 9 nitrogen and oxygen atoms in total. The van der Waals surface area contributed by atoms with Crippen LogP contribution >= 0.6 is 0 Å². The lowest BCUT2D eigenvalue weighted by Gasteiger charge is -2.37. The number of hydrogen-bond acceptors (Lipinski definition) is 5. The number of amides is 2. The average Bonchev–Trinajstić information content (AvgIpc) is 3.32. The molecule has 1 aromatic heterocycles. The van der Waals surface area contributed by atoms with Crippen LogP contribution in [0.3, 0.4) is 0 Å². The van der Waals surface area contributed by atoms with Gasteiger partial charge in [0.1, 0.15) is 17.3 Å². The smallest absolute Gasteiger partial charge is 0.329 e. The van der Waals surface area contributed by atoms with Gasteiger partial charge in [-0.15, -0.1) is 0 Å². The van der Waals surface area contributed by atoms with Crippen LogP contribution in [0.2, 0.25) is 0 Å². The van der Waals surface area contributed by atoms with Crippen molar-refractivity contribution in [2.45, 2.75) is 37.8 Å². The van der Waals surface area contributed by atoms with E-state index in [4.69, 9.17) is 10.2 Å². The second-order valence-electron chi connectivity index (χ2n) is 7.40. The molecule has 0 spiro atoms. The monoisotopic (exact) mass is 414 g/mol. The van der Waals surface area contributed by atoms with Gasteiger partial charge in [0.2, 0.25) is 5.91 Å². The first-order valence-corrected chi connectivity index (χ1v) is 9.36. The van der Waals surface area contributed by atoms with Crippen molar-refractivity contribution in [2.24, 2.45) is 11.7 Å². The Balaban J connectivity index is 2.22. The maximum absolute atomic E-state index is 13.6. The van der Waals surface area contributed by atoms with Crippen LogP contribution in [0.1, 0.15) is 47.0 Å². The Labute approximate surface area is 172 Å². The fourth-order valence-electron chi connectivity index (χ4n) is 4.14. The minimum atomic E-state index is -1.94. The van der Waals surface area contributed by atoms with Gasteiger partial charge in [-0.05, 0) is 43.5 Å². The third kappa shape index (κ3) is 3.54. The highest BCUT2D eigenvalue weighted by Gasteiger charge is 2.61. The van der Waals surface area contributed by atoms with Crippen molar-refractivity contribution in [3.63, 3.8) is 0 Å². The molecule has 3 atom stereocenters. The number of carbonyl (C=O) groups is 4. The van der Waals surface area contributed by atoms with Gasteiger partial charge in [0, 0.05) is 12.0 Å². The first-order chi connectivity index (χ1) is 14.2. The van der Waals surface area contributed by atoms with E-state index >= 15 is 0 Å². The average molecular weight is 414 g/mol. The van der Waals surface area contributed by atoms with Crippen LogP contribution in [0, 0.1) is 12.8 Å². The molecule has 0 bridgehead atoms. The topological polar surface area (TPSA) is 151 Å². The fourth-order valence-corrected chi connectivity index (χ4v) is 4.14. The number of nitrogens with zero attached hydrogens (tertiary/aromatic N) is 1. The van der Waals surface area contributed by atoms with Crippen molar-refractivity contribution < 1.29 is 33.8 Å². The number of carboxylic acid groups (broad SMARTS) is 2. The van der Waals surface area contributed by atoms with E-state index in [1.807, 2.05) is 0 Å². The number of nitrogens with two attached hydrogens (primary N) is 1. The Kier molecular flexibility index (Phi) is 5.64. The largest absolute Gasteiger partial charge is 0.481 e. The molecule has 1 saturated heterocycles. The first-order valence-electron chi connectivity index (χ1n) is 9.36. The van der Waals surface area contributed by atoms with E-state index in [9.17, 15) is 29.4 Å². The van der Waals surface area contributed by atoms with Crippen molar-refractivity contribution in [1.29, 1.82) is 0 Å². The number of carbonyl (C=O) groups excluding carboxylic acids is 2. The predicted octanol–water partition coefficient (Wildman–Crippen LogP) is 1.96. The molecule has 3 rings (SSSR count). The Morgan fingerprint density at radius 3 is 2.40 bits per heavy atom. The SMILES string of the molecule is Cc1ccccc1C(=O)N1C(c2ccco2)C(C(=O)O)CC1(CCC(N)=O)C(=O)O. The Morgan fingerprint density at radius 2 is 1.87 bits per heavy atom. The molecule has 1 aliphatic heterocycles. The number of furan rings is 1. The molecule has 9 heteroatoms. The number of hydrogen-bond donors (Lipinski definition) is 3. The third-order valence-electron chi connectivity index (χ3n) is 5.61. The van der Waals surface area contributed by atoms with Crippen molar-refractivity contribution >= 4 is 23.8 Å². The number of benzene rings is 1. The fraction of sp³-hybridized carbons (Fsp3) is 0.333. The van der Waals surface area contributed by atoms with E-state index in [1.165, 1.54) is 18.4 Å². The van der Waals surface area contributed by atoms with Gasteiger partial charge in [-0.2, -0.15) is 0 Å². The number of aliphatic carboxylic acids is 2. The molecule has 1 aliphatic rings. The zero-order valence-electron chi connectivity index (χ0n) is 16.3. The molecule has 1 aromatic carbocycles. The first kappa shape index (κ1) is 21.1. The summed E-state index contributed by atoms with van der Waals surface area (Å²) in [6.07, 6.45) is 0.320. The molecular weight excluding hydrogens is 392 g/mol. The molecule has 2 amide bonds. The van der Waals surface area contributed by atoms with Crippen LogP contribution in [0.4, 0.5) is 0 Å². The van der Waals surface area contributed by atoms with Crippen molar-refractivity contribution in [3.05, 3.63) is 59.5 Å². The summed E-state index contributed by atoms with van der Waals surface area (Å²) in [5, 5.41) is 20.0. The summed E-state index contributed by atoms with van der Waals surface area (Å²) in [6, 6.07) is 8.50. The minimum absolute atomic E-state index is 0.159. The highest BCUT2D eigenvalue weighted by atomic mass is 16.4. The van der Waals surface area contributed by atoms with Gasteiger partial charge in [-0.1, -0.05) is 18.2 Å². The summed E-state index contributed by atoms with van der Waals surface area (Å²) in [7, 11) is 0. The third-order valence-corrected chi connectivity index (χ3v) is 5.61. The molecule has 2 aromatic rings. The van der Waals surface area contributed by atoms with Gasteiger partial charge in [-0.25, -0.2) is 4.79 Å². The lowest BCUT2D eigenvalue weighted by molar-refractivity contribution is -0.149. The van der Waals surface area contributed by atoms with Crippen molar-refractivity contribution in [1.82, 2.24) is 4.90 Å². The molecule has 30 heavy (non-hydrogen) atoms. The Bertz CT molecular complexity index is 985. The normalized spacial score (nSPS) is 23.3. The number of aryl methyl sites for hydroxylation is 1. The van der Waals surface area contributed by atoms with Gasteiger partial charge in [0.05, 0.1) is 12.2 Å². The zero-order valence-corrected chi connectivity index (χ0v) is 16.3. The van der Waals surface area contributed by atoms with E-state index in [2.05, 4.69) is 0 Å². The summed E-state index contributed by atoms with van der Waals surface area (Å²) < 4.78 is 5.40. The molecule has 4 N–H and O–H groups in total. The van der Waals surface area contributed by atoms with Gasteiger partial charge >= 0.3 is 11.9 Å². The second kappa shape index (κ2) is 8.02. The van der Waals surface area contributed by atoms with E-state index < -0.39 is 41.3 Å². The predicted molar refractivity (Wildman–Crippen MR) is 103 cm³/mol. The number of likely N-dealkylation sites (tertiary alicyclic amines) is 1. The number of primary amides is 1. The maximum atomic E-state index is 13.6. The quantitative estimate of drug-likeness (QED) is 0.626.